The van der Waals surface area contributed by atoms with Crippen LogP contribution in [0.5, 0.6) is 17.2 Å². The van der Waals surface area contributed by atoms with Crippen LogP contribution in [0.25, 0.3) is 10.9 Å². The zero-order chi connectivity index (χ0) is 21.3. The van der Waals surface area contributed by atoms with Crippen molar-refractivity contribution in [2.24, 2.45) is 0 Å². The van der Waals surface area contributed by atoms with Crippen molar-refractivity contribution in [2.75, 3.05) is 26.6 Å². The second-order valence-corrected chi connectivity index (χ2v) is 7.51. The minimum Gasteiger partial charge on any atom is -0.493 e. The first-order valence-corrected chi connectivity index (χ1v) is 10.1. The van der Waals surface area contributed by atoms with Crippen molar-refractivity contribution >= 4 is 22.5 Å². The number of pyridine rings is 1. The van der Waals surface area contributed by atoms with Crippen molar-refractivity contribution in [3.8, 4) is 17.2 Å². The van der Waals surface area contributed by atoms with E-state index in [2.05, 4.69) is 5.32 Å². The highest BCUT2D eigenvalue weighted by molar-refractivity contribution is 6.14. The first-order valence-electron chi connectivity index (χ1n) is 10.1. The molecule has 6 nitrogen and oxygen atoms in total. The highest BCUT2D eigenvalue weighted by atomic mass is 16.5. The molecule has 3 aromatic rings. The number of carbonyl (C=O) groups is 1. The summed E-state index contributed by atoms with van der Waals surface area (Å²) in [4.78, 5) is 18.4. The molecule has 2 aromatic carbocycles. The second-order valence-electron chi connectivity index (χ2n) is 7.51. The van der Waals surface area contributed by atoms with Crippen LogP contribution in [0, 0.1) is 6.92 Å². The predicted octanol–water partition coefficient (Wildman–Crippen LogP) is 4.70. The summed E-state index contributed by atoms with van der Waals surface area (Å²) in [7, 11) is 4.66. The van der Waals surface area contributed by atoms with Gasteiger partial charge in [-0.2, -0.15) is 0 Å². The van der Waals surface area contributed by atoms with Gasteiger partial charge < -0.3 is 19.5 Å². The lowest BCUT2D eigenvalue weighted by Crippen LogP contribution is -2.19. The number of hydrogen-bond donors (Lipinski definition) is 1. The SMILES string of the molecule is COc1cc(NC(=O)c2c3c(nc4ccc(C)cc24)CCCC3)cc(OC)c1OC. The highest BCUT2D eigenvalue weighted by Crippen LogP contribution is 2.40. The van der Waals surface area contributed by atoms with Crippen molar-refractivity contribution in [2.45, 2.75) is 32.6 Å². The van der Waals surface area contributed by atoms with E-state index in [9.17, 15) is 4.79 Å². The number of rotatable bonds is 5. The zero-order valence-electron chi connectivity index (χ0n) is 17.8. The molecule has 0 aliphatic heterocycles. The Balaban J connectivity index is 1.82. The van der Waals surface area contributed by atoms with E-state index >= 15 is 0 Å². The van der Waals surface area contributed by atoms with E-state index in [1.165, 1.54) is 0 Å². The molecule has 0 spiro atoms. The fourth-order valence-electron chi connectivity index (χ4n) is 4.14. The van der Waals surface area contributed by atoms with Gasteiger partial charge in [0.05, 0.1) is 32.4 Å². The number of hydrogen-bond acceptors (Lipinski definition) is 5. The van der Waals surface area contributed by atoms with Crippen molar-refractivity contribution in [1.29, 1.82) is 0 Å². The summed E-state index contributed by atoms with van der Waals surface area (Å²) < 4.78 is 16.2. The van der Waals surface area contributed by atoms with Crippen molar-refractivity contribution in [3.63, 3.8) is 0 Å². The molecule has 156 valence electrons. The Bertz CT molecular complexity index is 1100. The molecule has 1 amide bonds. The van der Waals surface area contributed by atoms with Crippen molar-refractivity contribution in [1.82, 2.24) is 4.98 Å². The molecule has 0 unspecified atom stereocenters. The molecule has 4 rings (SSSR count). The van der Waals surface area contributed by atoms with E-state index in [1.54, 1.807) is 33.5 Å². The number of fused-ring (bicyclic) bond motifs is 2. The Morgan fingerprint density at radius 1 is 0.967 bits per heavy atom. The standard InChI is InChI=1S/C24H26N2O4/c1-14-9-10-19-17(11-14)22(16-7-5-6-8-18(16)26-19)24(27)25-15-12-20(28-2)23(30-4)21(13-15)29-3/h9-13H,5-8H2,1-4H3,(H,25,27). The number of aromatic nitrogens is 1. The number of methoxy groups -OCH3 is 3. The fraction of sp³-hybridized carbons (Fsp3) is 0.333. The molecule has 0 radical (unpaired) electrons. The molecule has 1 N–H and O–H groups in total. The quantitative estimate of drug-likeness (QED) is 0.665. The molecular weight excluding hydrogens is 380 g/mol. The molecule has 30 heavy (non-hydrogen) atoms. The molecule has 1 aliphatic carbocycles. The molecule has 1 aliphatic rings. The van der Waals surface area contributed by atoms with Crippen LogP contribution in [0.4, 0.5) is 5.69 Å². The third kappa shape index (κ3) is 3.54. The summed E-state index contributed by atoms with van der Waals surface area (Å²) in [6.07, 6.45) is 3.94. The van der Waals surface area contributed by atoms with Crippen LogP contribution >= 0.6 is 0 Å². The number of benzene rings is 2. The van der Waals surface area contributed by atoms with Crippen LogP contribution in [0.3, 0.4) is 0 Å². The minimum atomic E-state index is -0.152. The summed E-state index contributed by atoms with van der Waals surface area (Å²) in [6.45, 7) is 2.03. The maximum Gasteiger partial charge on any atom is 0.256 e. The van der Waals surface area contributed by atoms with Gasteiger partial charge in [-0.3, -0.25) is 9.78 Å². The Morgan fingerprint density at radius 2 is 1.67 bits per heavy atom. The van der Waals surface area contributed by atoms with Gasteiger partial charge in [-0.15, -0.1) is 0 Å². The lowest BCUT2D eigenvalue weighted by Gasteiger charge is -2.21. The maximum atomic E-state index is 13.5. The van der Waals surface area contributed by atoms with Crippen LogP contribution in [-0.4, -0.2) is 32.2 Å². The maximum absolute atomic E-state index is 13.5. The molecule has 1 heterocycles. The molecule has 0 saturated heterocycles. The summed E-state index contributed by atoms with van der Waals surface area (Å²) in [5.74, 6) is 1.31. The van der Waals surface area contributed by atoms with Crippen LogP contribution in [0.1, 0.15) is 40.0 Å². The molecule has 0 saturated carbocycles. The Kier molecular flexibility index (Phi) is 5.48. The largest absolute Gasteiger partial charge is 0.493 e. The third-order valence-corrected chi connectivity index (χ3v) is 5.57. The molecular formula is C24H26N2O4. The summed E-state index contributed by atoms with van der Waals surface area (Å²) >= 11 is 0. The van der Waals surface area contributed by atoms with E-state index in [4.69, 9.17) is 19.2 Å². The van der Waals surface area contributed by atoms with Crippen molar-refractivity contribution < 1.29 is 19.0 Å². The van der Waals surface area contributed by atoms with Gasteiger partial charge in [0.2, 0.25) is 5.75 Å². The van der Waals surface area contributed by atoms with Crippen LogP contribution in [0.15, 0.2) is 30.3 Å². The Labute approximate surface area is 176 Å². The average Bonchev–Trinajstić information content (AvgIpc) is 2.76. The zero-order valence-corrected chi connectivity index (χ0v) is 17.8. The first kappa shape index (κ1) is 20.0. The molecule has 6 heteroatoms. The lowest BCUT2D eigenvalue weighted by molar-refractivity contribution is 0.102. The minimum absolute atomic E-state index is 0.152. The highest BCUT2D eigenvalue weighted by Gasteiger charge is 2.23. The van der Waals surface area contributed by atoms with Gasteiger partial charge in [0.25, 0.3) is 5.91 Å². The van der Waals surface area contributed by atoms with E-state index < -0.39 is 0 Å². The molecule has 0 bridgehead atoms. The smallest absolute Gasteiger partial charge is 0.256 e. The number of carbonyl (C=O) groups excluding carboxylic acids is 1. The number of nitrogens with zero attached hydrogens (tertiary/aromatic N) is 1. The second kappa shape index (κ2) is 8.22. The van der Waals surface area contributed by atoms with E-state index in [-0.39, 0.29) is 5.91 Å². The van der Waals surface area contributed by atoms with E-state index in [0.29, 0.717) is 28.5 Å². The fourth-order valence-corrected chi connectivity index (χ4v) is 4.14. The number of aryl methyl sites for hydroxylation is 2. The number of nitrogens with one attached hydrogen (secondary N) is 1. The van der Waals surface area contributed by atoms with Gasteiger partial charge in [0.1, 0.15) is 0 Å². The third-order valence-electron chi connectivity index (χ3n) is 5.57. The van der Waals surface area contributed by atoms with Gasteiger partial charge in [0, 0.05) is 28.9 Å². The normalized spacial score (nSPS) is 12.9. The number of amides is 1. The van der Waals surface area contributed by atoms with E-state index in [0.717, 1.165) is 53.4 Å². The van der Waals surface area contributed by atoms with Gasteiger partial charge in [0.15, 0.2) is 11.5 Å². The number of anilines is 1. The molecule has 0 atom stereocenters. The monoisotopic (exact) mass is 406 g/mol. The van der Waals surface area contributed by atoms with Crippen LogP contribution < -0.4 is 19.5 Å². The van der Waals surface area contributed by atoms with Gasteiger partial charge in [-0.05, 0) is 50.3 Å². The van der Waals surface area contributed by atoms with Gasteiger partial charge in [-0.25, -0.2) is 0 Å². The Hall–Kier alpha value is -3.28. The average molecular weight is 406 g/mol. The first-order chi connectivity index (χ1) is 14.5. The summed E-state index contributed by atoms with van der Waals surface area (Å²) in [6, 6.07) is 9.54. The van der Waals surface area contributed by atoms with Crippen LogP contribution in [0.2, 0.25) is 0 Å². The van der Waals surface area contributed by atoms with Gasteiger partial charge in [-0.1, -0.05) is 11.6 Å². The summed E-state index contributed by atoms with van der Waals surface area (Å²) in [5.41, 5.74) is 5.35. The van der Waals surface area contributed by atoms with Crippen molar-refractivity contribution in [3.05, 3.63) is 52.7 Å². The summed E-state index contributed by atoms with van der Waals surface area (Å²) in [5, 5.41) is 3.93. The number of ether oxygens (including phenoxy) is 3. The molecule has 0 fully saturated rings. The predicted molar refractivity (Wildman–Crippen MR) is 117 cm³/mol. The van der Waals surface area contributed by atoms with E-state index in [1.807, 2.05) is 25.1 Å². The lowest BCUT2D eigenvalue weighted by atomic mass is 9.89. The topological polar surface area (TPSA) is 69.7 Å². The molecule has 1 aromatic heterocycles. The van der Waals surface area contributed by atoms with Crippen LogP contribution in [-0.2, 0) is 12.8 Å². The van der Waals surface area contributed by atoms with Gasteiger partial charge >= 0.3 is 0 Å². The Morgan fingerprint density at radius 3 is 2.33 bits per heavy atom.